The largest absolute Gasteiger partial charge is 0.472 e. The molecular weight excluding hydrogens is 128 g/mol. The van der Waals surface area contributed by atoms with Gasteiger partial charge in [-0.15, -0.1) is 0 Å². The van der Waals surface area contributed by atoms with Gasteiger partial charge in [-0.2, -0.15) is 0 Å². The summed E-state index contributed by atoms with van der Waals surface area (Å²) in [7, 11) is 0. The molecule has 0 aromatic carbocycles. The van der Waals surface area contributed by atoms with Crippen molar-refractivity contribution < 1.29 is 9.90 Å². The van der Waals surface area contributed by atoms with Crippen LogP contribution in [0.5, 0.6) is 0 Å². The van der Waals surface area contributed by atoms with Crippen LogP contribution in [0.1, 0.15) is 20.3 Å². The van der Waals surface area contributed by atoms with Crippen molar-refractivity contribution in [2.24, 2.45) is 0 Å². The van der Waals surface area contributed by atoms with Gasteiger partial charge in [0, 0.05) is 5.92 Å². The lowest BCUT2D eigenvalue weighted by Crippen LogP contribution is -1.87. The van der Waals surface area contributed by atoms with Crippen molar-refractivity contribution in [3.8, 4) is 11.8 Å². The van der Waals surface area contributed by atoms with Crippen LogP contribution in [0.15, 0.2) is 11.6 Å². The van der Waals surface area contributed by atoms with Crippen LogP contribution in [-0.4, -0.2) is 11.1 Å². The number of carboxylic acid groups (broad SMARTS) is 1. The summed E-state index contributed by atoms with van der Waals surface area (Å²) in [4.78, 5) is 9.93. The van der Waals surface area contributed by atoms with Crippen LogP contribution in [0.3, 0.4) is 0 Å². The molecule has 0 radical (unpaired) electrons. The molecule has 0 atom stereocenters. The number of rotatable bonds is 1. The molecule has 0 saturated heterocycles. The van der Waals surface area contributed by atoms with Gasteiger partial charge in [-0.05, 0) is 18.9 Å². The Morgan fingerprint density at radius 1 is 1.60 bits per heavy atom. The standard InChI is InChI=1S/C8H10O2/c1-3-7(4-2)5-6-8(9)10/h3H,4H2,1-2H3,(H,9,10)/b7-3-. The number of hydrogen-bond donors (Lipinski definition) is 1. The third-order valence-corrected chi connectivity index (χ3v) is 1.06. The zero-order valence-electron chi connectivity index (χ0n) is 6.14. The average Bonchev–Trinajstić information content (AvgIpc) is 1.90. The van der Waals surface area contributed by atoms with E-state index in [0.717, 1.165) is 12.0 Å². The highest BCUT2D eigenvalue weighted by atomic mass is 16.4. The van der Waals surface area contributed by atoms with Crippen LogP contribution < -0.4 is 0 Å². The Hall–Kier alpha value is -1.23. The molecule has 2 nitrogen and oxygen atoms in total. The predicted octanol–water partition coefficient (Wildman–Crippen LogP) is 1.43. The van der Waals surface area contributed by atoms with Crippen molar-refractivity contribution in [2.45, 2.75) is 20.3 Å². The molecular formula is C8H10O2. The normalized spacial score (nSPS) is 10.0. The maximum atomic E-state index is 9.93. The van der Waals surface area contributed by atoms with E-state index in [-0.39, 0.29) is 0 Å². The van der Waals surface area contributed by atoms with Gasteiger partial charge in [0.15, 0.2) is 0 Å². The smallest absolute Gasteiger partial charge is 0.382 e. The summed E-state index contributed by atoms with van der Waals surface area (Å²) >= 11 is 0. The lowest BCUT2D eigenvalue weighted by atomic mass is 10.2. The van der Waals surface area contributed by atoms with Gasteiger partial charge < -0.3 is 5.11 Å². The zero-order chi connectivity index (χ0) is 7.98. The second-order valence-electron chi connectivity index (χ2n) is 1.72. The topological polar surface area (TPSA) is 37.3 Å². The molecule has 0 bridgehead atoms. The molecule has 1 N–H and O–H groups in total. The third kappa shape index (κ3) is 3.73. The SMILES string of the molecule is C/C=C(\C#CC(=O)O)CC. The van der Waals surface area contributed by atoms with E-state index in [0.29, 0.717) is 0 Å². The summed E-state index contributed by atoms with van der Waals surface area (Å²) in [5.41, 5.74) is 0.863. The maximum Gasteiger partial charge on any atom is 0.382 e. The Morgan fingerprint density at radius 3 is 2.50 bits per heavy atom. The fraction of sp³-hybridized carbons (Fsp3) is 0.375. The van der Waals surface area contributed by atoms with Crippen molar-refractivity contribution in [3.05, 3.63) is 11.6 Å². The number of aliphatic carboxylic acids is 1. The maximum absolute atomic E-state index is 9.93. The van der Waals surface area contributed by atoms with Crippen LogP contribution in [0.2, 0.25) is 0 Å². The lowest BCUT2D eigenvalue weighted by Gasteiger charge is -1.86. The number of carbonyl (C=O) groups is 1. The van der Waals surface area contributed by atoms with Gasteiger partial charge in [-0.1, -0.05) is 18.9 Å². The minimum atomic E-state index is -1.08. The Balaban J connectivity index is 4.15. The Morgan fingerprint density at radius 2 is 2.20 bits per heavy atom. The van der Waals surface area contributed by atoms with Crippen LogP contribution in [-0.2, 0) is 4.79 Å². The first kappa shape index (κ1) is 8.77. The zero-order valence-corrected chi connectivity index (χ0v) is 6.14. The molecule has 0 aliphatic rings. The Kier molecular flexibility index (Phi) is 4.06. The molecule has 54 valence electrons. The van der Waals surface area contributed by atoms with Crippen LogP contribution in [0, 0.1) is 11.8 Å². The van der Waals surface area contributed by atoms with Crippen LogP contribution in [0.4, 0.5) is 0 Å². The van der Waals surface area contributed by atoms with E-state index in [1.54, 1.807) is 0 Å². The highest BCUT2D eigenvalue weighted by molar-refractivity contribution is 5.87. The van der Waals surface area contributed by atoms with Crippen molar-refractivity contribution in [2.75, 3.05) is 0 Å². The summed E-state index contributed by atoms with van der Waals surface area (Å²) in [6, 6.07) is 0. The van der Waals surface area contributed by atoms with Crippen LogP contribution in [0.25, 0.3) is 0 Å². The second-order valence-corrected chi connectivity index (χ2v) is 1.72. The fourth-order valence-electron chi connectivity index (χ4n) is 0.498. The van der Waals surface area contributed by atoms with E-state index in [1.165, 1.54) is 0 Å². The number of carboxylic acids is 1. The van der Waals surface area contributed by atoms with Gasteiger partial charge >= 0.3 is 5.97 Å². The summed E-state index contributed by atoms with van der Waals surface area (Å²) in [5.74, 6) is 3.50. The Bertz CT molecular complexity index is 203. The predicted molar refractivity (Wildman–Crippen MR) is 39.5 cm³/mol. The molecule has 0 spiro atoms. The summed E-state index contributed by atoms with van der Waals surface area (Å²) < 4.78 is 0. The quantitative estimate of drug-likeness (QED) is 0.556. The molecule has 0 fully saturated rings. The third-order valence-electron chi connectivity index (χ3n) is 1.06. The molecule has 0 aromatic heterocycles. The molecule has 0 aliphatic heterocycles. The van der Waals surface area contributed by atoms with E-state index in [1.807, 2.05) is 25.8 Å². The van der Waals surface area contributed by atoms with Crippen LogP contribution >= 0.6 is 0 Å². The van der Waals surface area contributed by atoms with Gasteiger partial charge in [0.25, 0.3) is 0 Å². The monoisotopic (exact) mass is 138 g/mol. The molecule has 0 rings (SSSR count). The first-order valence-electron chi connectivity index (χ1n) is 3.10. The summed E-state index contributed by atoms with van der Waals surface area (Å²) in [5, 5.41) is 8.15. The van der Waals surface area contributed by atoms with Gasteiger partial charge in [0.2, 0.25) is 0 Å². The van der Waals surface area contributed by atoms with E-state index in [2.05, 4.69) is 5.92 Å². The minimum Gasteiger partial charge on any atom is -0.472 e. The molecule has 2 heteroatoms. The van der Waals surface area contributed by atoms with Crippen molar-refractivity contribution in [3.63, 3.8) is 0 Å². The van der Waals surface area contributed by atoms with E-state index in [9.17, 15) is 4.79 Å². The molecule has 0 saturated carbocycles. The van der Waals surface area contributed by atoms with Gasteiger partial charge in [-0.25, -0.2) is 4.79 Å². The second kappa shape index (κ2) is 4.63. The lowest BCUT2D eigenvalue weighted by molar-refractivity contribution is -0.130. The molecule has 0 unspecified atom stereocenters. The molecule has 0 amide bonds. The van der Waals surface area contributed by atoms with E-state index >= 15 is 0 Å². The highest BCUT2D eigenvalue weighted by Crippen LogP contribution is 1.95. The van der Waals surface area contributed by atoms with E-state index in [4.69, 9.17) is 5.11 Å². The summed E-state index contributed by atoms with van der Waals surface area (Å²) in [6.45, 7) is 3.78. The molecule has 0 aliphatic carbocycles. The van der Waals surface area contributed by atoms with Gasteiger partial charge in [0.05, 0.1) is 0 Å². The molecule has 0 heterocycles. The van der Waals surface area contributed by atoms with Crippen molar-refractivity contribution in [1.82, 2.24) is 0 Å². The fourth-order valence-corrected chi connectivity index (χ4v) is 0.498. The average molecular weight is 138 g/mol. The van der Waals surface area contributed by atoms with Gasteiger partial charge in [-0.3, -0.25) is 0 Å². The molecule has 0 aromatic rings. The van der Waals surface area contributed by atoms with E-state index < -0.39 is 5.97 Å². The molecule has 10 heavy (non-hydrogen) atoms. The first-order chi connectivity index (χ1) is 4.70. The summed E-state index contributed by atoms with van der Waals surface area (Å²) in [6.07, 6.45) is 2.60. The first-order valence-corrected chi connectivity index (χ1v) is 3.10. The number of hydrogen-bond acceptors (Lipinski definition) is 1. The Labute approximate surface area is 60.6 Å². The van der Waals surface area contributed by atoms with Crippen molar-refractivity contribution >= 4 is 5.97 Å². The highest BCUT2D eigenvalue weighted by Gasteiger charge is 1.86. The number of allylic oxidation sites excluding steroid dienone is 2. The van der Waals surface area contributed by atoms with Crippen molar-refractivity contribution in [1.29, 1.82) is 0 Å². The minimum absolute atomic E-state index is 0.788. The van der Waals surface area contributed by atoms with Gasteiger partial charge in [0.1, 0.15) is 0 Å².